The predicted octanol–water partition coefficient (Wildman–Crippen LogP) is 4.34. The van der Waals surface area contributed by atoms with Gasteiger partial charge in [0.15, 0.2) is 0 Å². The summed E-state index contributed by atoms with van der Waals surface area (Å²) in [4.78, 5) is 12.6. The zero-order valence-electron chi connectivity index (χ0n) is 18.3. The number of hydrazone groups is 1. The van der Waals surface area contributed by atoms with Crippen LogP contribution in [-0.4, -0.2) is 30.9 Å². The van der Waals surface area contributed by atoms with Crippen LogP contribution in [0.3, 0.4) is 0 Å². The minimum absolute atomic E-state index is 0.353. The van der Waals surface area contributed by atoms with Crippen LogP contribution in [0.15, 0.2) is 78.0 Å². The Hall–Kier alpha value is -4.57. The second-order valence-corrected chi connectivity index (χ2v) is 7.26. The van der Waals surface area contributed by atoms with E-state index in [0.29, 0.717) is 29.2 Å². The fourth-order valence-electron chi connectivity index (χ4n) is 3.67. The lowest BCUT2D eigenvalue weighted by Crippen LogP contribution is -2.18. The summed E-state index contributed by atoms with van der Waals surface area (Å²) < 4.78 is 12.5. The smallest absolute Gasteiger partial charge is 0.275 e. The highest BCUT2D eigenvalue weighted by molar-refractivity contribution is 6.01. The second-order valence-electron chi connectivity index (χ2n) is 7.26. The number of nitriles is 1. The van der Waals surface area contributed by atoms with E-state index < -0.39 is 5.91 Å². The highest BCUT2D eigenvalue weighted by atomic mass is 16.5. The highest BCUT2D eigenvalue weighted by Gasteiger charge is 2.13. The summed E-state index contributed by atoms with van der Waals surface area (Å²) in [5.41, 5.74) is 6.35. The first-order valence-electron chi connectivity index (χ1n) is 10.3. The van der Waals surface area contributed by atoms with E-state index in [2.05, 4.69) is 21.2 Å². The third kappa shape index (κ3) is 4.55. The van der Waals surface area contributed by atoms with Crippen molar-refractivity contribution in [3.63, 3.8) is 0 Å². The molecule has 4 rings (SSSR count). The molecule has 0 spiro atoms. The lowest BCUT2D eigenvalue weighted by molar-refractivity contribution is 0.0952. The largest absolute Gasteiger partial charge is 0.497 e. The van der Waals surface area contributed by atoms with Gasteiger partial charge in [0.25, 0.3) is 5.91 Å². The number of nitrogens with one attached hydrogen (secondary N) is 1. The Morgan fingerprint density at radius 1 is 1.09 bits per heavy atom. The molecule has 0 bridgehead atoms. The van der Waals surface area contributed by atoms with Gasteiger partial charge in [0.1, 0.15) is 11.5 Å². The zero-order chi connectivity index (χ0) is 23.2. The molecule has 1 aromatic heterocycles. The molecule has 3 aromatic carbocycles. The number of para-hydroxylation sites is 1. The number of carbonyl (C=O) groups is 1. The third-order valence-electron chi connectivity index (χ3n) is 5.32. The summed E-state index contributed by atoms with van der Waals surface area (Å²) in [6.45, 7) is 0.549. The average molecular weight is 438 g/mol. The molecule has 1 heterocycles. The Labute approximate surface area is 191 Å². The molecule has 33 heavy (non-hydrogen) atoms. The van der Waals surface area contributed by atoms with Crippen LogP contribution in [0.1, 0.15) is 27.0 Å². The zero-order valence-corrected chi connectivity index (χ0v) is 18.3. The van der Waals surface area contributed by atoms with Crippen molar-refractivity contribution in [2.75, 3.05) is 14.2 Å². The summed E-state index contributed by atoms with van der Waals surface area (Å²) in [5, 5.41) is 14.6. The first-order valence-corrected chi connectivity index (χ1v) is 10.3. The van der Waals surface area contributed by atoms with Crippen LogP contribution in [0.4, 0.5) is 0 Å². The quantitative estimate of drug-likeness (QED) is 0.343. The van der Waals surface area contributed by atoms with E-state index in [0.717, 1.165) is 22.0 Å². The number of hydrogen-bond donors (Lipinski definition) is 1. The molecule has 7 nitrogen and oxygen atoms in total. The molecule has 0 saturated heterocycles. The van der Waals surface area contributed by atoms with E-state index in [-0.39, 0.29) is 0 Å². The monoisotopic (exact) mass is 438 g/mol. The van der Waals surface area contributed by atoms with Crippen LogP contribution in [-0.2, 0) is 6.54 Å². The van der Waals surface area contributed by atoms with Gasteiger partial charge < -0.3 is 14.0 Å². The van der Waals surface area contributed by atoms with Gasteiger partial charge in [-0.3, -0.25) is 4.79 Å². The maximum Gasteiger partial charge on any atom is 0.275 e. The third-order valence-corrected chi connectivity index (χ3v) is 5.32. The predicted molar refractivity (Wildman–Crippen MR) is 127 cm³/mol. The number of carbonyl (C=O) groups excluding carboxylic acids is 1. The first-order chi connectivity index (χ1) is 16.1. The van der Waals surface area contributed by atoms with Gasteiger partial charge in [-0.2, -0.15) is 10.4 Å². The number of ether oxygens (including phenoxy) is 2. The van der Waals surface area contributed by atoms with Gasteiger partial charge in [-0.1, -0.05) is 36.4 Å². The number of hydrogen-bond acceptors (Lipinski definition) is 5. The van der Waals surface area contributed by atoms with Crippen molar-refractivity contribution < 1.29 is 14.3 Å². The summed E-state index contributed by atoms with van der Waals surface area (Å²) in [6, 6.07) is 22.7. The molecule has 0 saturated carbocycles. The van der Waals surface area contributed by atoms with E-state index in [9.17, 15) is 10.1 Å². The van der Waals surface area contributed by atoms with Crippen molar-refractivity contribution >= 4 is 23.0 Å². The number of rotatable bonds is 7. The van der Waals surface area contributed by atoms with Crippen molar-refractivity contribution in [1.29, 1.82) is 5.26 Å². The number of fused-ring (bicyclic) bond motifs is 1. The van der Waals surface area contributed by atoms with Crippen LogP contribution in [0.5, 0.6) is 11.5 Å². The van der Waals surface area contributed by atoms with Crippen LogP contribution >= 0.6 is 0 Å². The topological polar surface area (TPSA) is 88.6 Å². The van der Waals surface area contributed by atoms with Crippen molar-refractivity contribution in [1.82, 2.24) is 9.99 Å². The number of benzene rings is 3. The maximum atomic E-state index is 12.6. The van der Waals surface area contributed by atoms with E-state index in [1.165, 1.54) is 7.11 Å². The molecular weight excluding hydrogens is 416 g/mol. The van der Waals surface area contributed by atoms with E-state index in [4.69, 9.17) is 9.47 Å². The minimum atomic E-state index is -0.391. The normalized spacial score (nSPS) is 10.8. The Morgan fingerprint density at radius 3 is 2.67 bits per heavy atom. The summed E-state index contributed by atoms with van der Waals surface area (Å²) in [5.74, 6) is 0.602. The van der Waals surface area contributed by atoms with Gasteiger partial charge in [0.05, 0.1) is 37.6 Å². The second kappa shape index (κ2) is 9.71. The van der Waals surface area contributed by atoms with E-state index in [1.54, 1.807) is 31.5 Å². The van der Waals surface area contributed by atoms with Gasteiger partial charge in [0.2, 0.25) is 0 Å². The number of nitrogens with zero attached hydrogens (tertiary/aromatic N) is 3. The minimum Gasteiger partial charge on any atom is -0.497 e. The molecule has 164 valence electrons. The SMILES string of the molecule is COc1ccc(C(=O)N/N=C\c2cn(Cc3ccccc3C#N)c3ccccc23)c(OC)c1. The molecule has 1 N–H and O–H groups in total. The van der Waals surface area contributed by atoms with Gasteiger partial charge in [-0.05, 0) is 29.8 Å². The molecule has 0 aliphatic carbocycles. The fraction of sp³-hybridized carbons (Fsp3) is 0.115. The fourth-order valence-corrected chi connectivity index (χ4v) is 3.67. The lowest BCUT2D eigenvalue weighted by Gasteiger charge is -2.08. The summed E-state index contributed by atoms with van der Waals surface area (Å²) in [7, 11) is 3.04. The maximum absolute atomic E-state index is 12.6. The van der Waals surface area contributed by atoms with E-state index >= 15 is 0 Å². The summed E-state index contributed by atoms with van der Waals surface area (Å²) in [6.07, 6.45) is 3.57. The Bertz CT molecular complexity index is 1380. The van der Waals surface area contributed by atoms with Gasteiger partial charge in [-0.15, -0.1) is 0 Å². The molecule has 0 radical (unpaired) electrons. The number of aromatic nitrogens is 1. The molecule has 4 aromatic rings. The van der Waals surface area contributed by atoms with Gasteiger partial charge in [-0.25, -0.2) is 5.43 Å². The van der Waals surface area contributed by atoms with Crippen molar-refractivity contribution in [3.05, 3.63) is 95.2 Å². The van der Waals surface area contributed by atoms with Crippen molar-refractivity contribution in [2.24, 2.45) is 5.10 Å². The Morgan fingerprint density at radius 2 is 1.88 bits per heavy atom. The molecule has 0 aliphatic heterocycles. The molecule has 0 atom stereocenters. The van der Waals surface area contributed by atoms with Crippen LogP contribution in [0.25, 0.3) is 10.9 Å². The highest BCUT2D eigenvalue weighted by Crippen LogP contribution is 2.25. The van der Waals surface area contributed by atoms with Crippen LogP contribution in [0, 0.1) is 11.3 Å². The van der Waals surface area contributed by atoms with Crippen molar-refractivity contribution in [2.45, 2.75) is 6.54 Å². The lowest BCUT2D eigenvalue weighted by atomic mass is 10.1. The molecule has 0 aliphatic rings. The van der Waals surface area contributed by atoms with Gasteiger partial charge in [0, 0.05) is 35.3 Å². The van der Waals surface area contributed by atoms with Gasteiger partial charge >= 0.3 is 0 Å². The molecule has 0 unspecified atom stereocenters. The summed E-state index contributed by atoms with van der Waals surface area (Å²) >= 11 is 0. The standard InChI is InChI=1S/C26H22N4O3/c1-32-21-11-12-23(25(13-21)33-2)26(31)29-28-15-20-17-30(24-10-6-5-9-22(20)24)16-19-8-4-3-7-18(19)14-27/h3-13,15,17H,16H2,1-2H3,(H,29,31)/b28-15-. The number of amides is 1. The average Bonchev–Trinajstić information content (AvgIpc) is 3.21. The van der Waals surface area contributed by atoms with Crippen LogP contribution < -0.4 is 14.9 Å². The molecule has 7 heteroatoms. The van der Waals surface area contributed by atoms with Crippen LogP contribution in [0.2, 0.25) is 0 Å². The number of methoxy groups -OCH3 is 2. The van der Waals surface area contributed by atoms with Crippen molar-refractivity contribution in [3.8, 4) is 17.6 Å². The molecule has 0 fully saturated rings. The van der Waals surface area contributed by atoms with E-state index in [1.807, 2.05) is 54.7 Å². The molecule has 1 amide bonds. The molecular formula is C26H22N4O3. The Kier molecular flexibility index (Phi) is 6.37. The Balaban J connectivity index is 1.58. The first kappa shape index (κ1) is 21.7.